The molecule has 0 aliphatic carbocycles. The minimum Gasteiger partial charge on any atom is -0.334 e. The smallest absolute Gasteiger partial charge is 0.254 e. The molecule has 0 saturated carbocycles. The monoisotopic (exact) mass is 324 g/mol. The van der Waals surface area contributed by atoms with Gasteiger partial charge in [0.1, 0.15) is 0 Å². The van der Waals surface area contributed by atoms with Gasteiger partial charge in [0.2, 0.25) is 0 Å². The Bertz CT molecular complexity index is 641. The van der Waals surface area contributed by atoms with Crippen molar-refractivity contribution in [1.29, 1.82) is 0 Å². The number of hydrogen-bond donors (Lipinski definition) is 0. The van der Waals surface area contributed by atoms with Gasteiger partial charge in [-0.05, 0) is 51.6 Å². The van der Waals surface area contributed by atoms with Gasteiger partial charge in [-0.15, -0.1) is 0 Å². The molecule has 0 N–H and O–H groups in total. The molecule has 1 atom stereocenters. The molecular weight excluding hydrogens is 300 g/mol. The Morgan fingerprint density at radius 3 is 2.68 bits per heavy atom. The van der Waals surface area contributed by atoms with Gasteiger partial charge >= 0.3 is 0 Å². The van der Waals surface area contributed by atoms with Gasteiger partial charge in [0, 0.05) is 31.0 Å². The average Bonchev–Trinajstić information content (AvgIpc) is 2.46. The highest BCUT2D eigenvalue weighted by molar-refractivity contribution is 7.90. The summed E-state index contributed by atoms with van der Waals surface area (Å²) in [7, 11) is 0.702. The summed E-state index contributed by atoms with van der Waals surface area (Å²) in [4.78, 5) is 17.0. The number of sulfone groups is 1. The zero-order valence-corrected chi connectivity index (χ0v) is 14.3. The fourth-order valence-electron chi connectivity index (χ4n) is 2.90. The van der Waals surface area contributed by atoms with E-state index in [1.165, 1.54) is 12.1 Å². The molecule has 0 aromatic heterocycles. The van der Waals surface area contributed by atoms with E-state index in [4.69, 9.17) is 0 Å². The Morgan fingerprint density at radius 2 is 2.05 bits per heavy atom. The van der Waals surface area contributed by atoms with E-state index >= 15 is 0 Å². The van der Waals surface area contributed by atoms with Crippen molar-refractivity contribution in [1.82, 2.24) is 9.80 Å². The van der Waals surface area contributed by atoms with E-state index in [-0.39, 0.29) is 16.8 Å². The highest BCUT2D eigenvalue weighted by Gasteiger charge is 2.28. The second-order valence-electron chi connectivity index (χ2n) is 6.21. The summed E-state index contributed by atoms with van der Waals surface area (Å²) >= 11 is 0. The van der Waals surface area contributed by atoms with E-state index < -0.39 is 9.84 Å². The molecule has 1 fully saturated rings. The molecule has 6 heteroatoms. The third-order valence-corrected chi connectivity index (χ3v) is 5.08. The zero-order valence-electron chi connectivity index (χ0n) is 13.4. The van der Waals surface area contributed by atoms with Crippen molar-refractivity contribution in [3.8, 4) is 0 Å². The Morgan fingerprint density at radius 1 is 1.32 bits per heavy atom. The molecule has 1 amide bonds. The van der Waals surface area contributed by atoms with Crippen molar-refractivity contribution < 1.29 is 13.2 Å². The first-order valence-electron chi connectivity index (χ1n) is 7.55. The average molecular weight is 324 g/mol. The number of hydrogen-bond acceptors (Lipinski definition) is 4. The van der Waals surface area contributed by atoms with Crippen LogP contribution in [0.25, 0.3) is 0 Å². The van der Waals surface area contributed by atoms with Crippen LogP contribution in [0.1, 0.15) is 29.6 Å². The lowest BCUT2D eigenvalue weighted by Gasteiger charge is -2.37. The third-order valence-electron chi connectivity index (χ3n) is 3.97. The third kappa shape index (κ3) is 4.08. The highest BCUT2D eigenvalue weighted by atomic mass is 32.2. The second-order valence-corrected chi connectivity index (χ2v) is 8.23. The summed E-state index contributed by atoms with van der Waals surface area (Å²) in [5.41, 5.74) is 0.452. The zero-order chi connectivity index (χ0) is 16.3. The van der Waals surface area contributed by atoms with E-state index in [1.54, 1.807) is 12.1 Å². The Labute approximate surface area is 132 Å². The fraction of sp³-hybridized carbons (Fsp3) is 0.562. The lowest BCUT2D eigenvalue weighted by Crippen LogP contribution is -2.48. The largest absolute Gasteiger partial charge is 0.334 e. The van der Waals surface area contributed by atoms with Gasteiger partial charge in [-0.2, -0.15) is 0 Å². The standard InChI is InChI=1S/C16H24N2O3S/c1-17(2)12-14-8-4-5-10-18(14)16(19)13-7-6-9-15(11-13)22(3,20)21/h6-7,9,11,14H,4-5,8,10,12H2,1-3H3. The summed E-state index contributed by atoms with van der Waals surface area (Å²) in [6.07, 6.45) is 4.29. The molecule has 1 aromatic carbocycles. The maximum absolute atomic E-state index is 12.8. The topological polar surface area (TPSA) is 57.7 Å². The van der Waals surface area contributed by atoms with Crippen LogP contribution in [0.2, 0.25) is 0 Å². The molecule has 1 heterocycles. The van der Waals surface area contributed by atoms with Crippen LogP contribution >= 0.6 is 0 Å². The lowest BCUT2D eigenvalue weighted by molar-refractivity contribution is 0.0574. The maximum atomic E-state index is 12.8. The first-order chi connectivity index (χ1) is 10.3. The molecule has 1 aliphatic rings. The lowest BCUT2D eigenvalue weighted by atomic mass is 10.0. The van der Waals surface area contributed by atoms with Crippen LogP contribution in [0.4, 0.5) is 0 Å². The van der Waals surface area contributed by atoms with Crippen molar-refractivity contribution in [3.05, 3.63) is 29.8 Å². The molecule has 1 aliphatic heterocycles. The molecule has 22 heavy (non-hydrogen) atoms. The second kappa shape index (κ2) is 6.79. The molecule has 0 bridgehead atoms. The number of likely N-dealkylation sites (tertiary alicyclic amines) is 1. The van der Waals surface area contributed by atoms with Gasteiger partial charge < -0.3 is 9.80 Å². The number of rotatable bonds is 4. The summed E-state index contributed by atoms with van der Waals surface area (Å²) in [5.74, 6) is -0.0722. The van der Waals surface area contributed by atoms with Crippen LogP contribution in [-0.2, 0) is 9.84 Å². The molecule has 2 rings (SSSR count). The van der Waals surface area contributed by atoms with Gasteiger partial charge in [-0.3, -0.25) is 4.79 Å². The van der Waals surface area contributed by atoms with Gasteiger partial charge in [0.05, 0.1) is 4.90 Å². The number of carbonyl (C=O) groups is 1. The summed E-state index contributed by atoms with van der Waals surface area (Å²) in [6.45, 7) is 1.57. The van der Waals surface area contributed by atoms with E-state index in [9.17, 15) is 13.2 Å². The van der Waals surface area contributed by atoms with Crippen LogP contribution in [0.3, 0.4) is 0 Å². The normalized spacial score (nSPS) is 19.5. The highest BCUT2D eigenvalue weighted by Crippen LogP contribution is 2.21. The molecule has 0 radical (unpaired) electrons. The molecule has 122 valence electrons. The summed E-state index contributed by atoms with van der Waals surface area (Å²) < 4.78 is 23.3. The maximum Gasteiger partial charge on any atom is 0.254 e. The van der Waals surface area contributed by atoms with Gasteiger partial charge in [-0.25, -0.2) is 8.42 Å². The van der Waals surface area contributed by atoms with Crippen LogP contribution in [0.15, 0.2) is 29.2 Å². The predicted octanol–water partition coefficient (Wildman–Crippen LogP) is 1.65. The van der Waals surface area contributed by atoms with E-state index in [2.05, 4.69) is 4.90 Å². The van der Waals surface area contributed by atoms with Crippen LogP contribution < -0.4 is 0 Å². The molecule has 5 nitrogen and oxygen atoms in total. The number of likely N-dealkylation sites (N-methyl/N-ethyl adjacent to an activating group) is 1. The minimum atomic E-state index is -3.30. The van der Waals surface area contributed by atoms with E-state index in [0.29, 0.717) is 5.56 Å². The number of amides is 1. The summed E-state index contributed by atoms with van der Waals surface area (Å²) in [6, 6.07) is 6.53. The van der Waals surface area contributed by atoms with Crippen molar-refractivity contribution >= 4 is 15.7 Å². The number of carbonyl (C=O) groups excluding carboxylic acids is 1. The number of nitrogens with zero attached hydrogens (tertiary/aromatic N) is 2. The van der Waals surface area contributed by atoms with Crippen LogP contribution in [0, 0.1) is 0 Å². The van der Waals surface area contributed by atoms with Gasteiger partial charge in [0.15, 0.2) is 9.84 Å². The van der Waals surface area contributed by atoms with E-state index in [1.807, 2.05) is 19.0 Å². The quantitative estimate of drug-likeness (QED) is 0.845. The van der Waals surface area contributed by atoms with Crippen LogP contribution in [0.5, 0.6) is 0 Å². The Hall–Kier alpha value is -1.40. The minimum absolute atomic E-state index is 0.0722. The number of benzene rings is 1. The van der Waals surface area contributed by atoms with Gasteiger partial charge in [0.25, 0.3) is 5.91 Å². The van der Waals surface area contributed by atoms with E-state index in [0.717, 1.165) is 38.6 Å². The first-order valence-corrected chi connectivity index (χ1v) is 9.44. The molecule has 1 saturated heterocycles. The van der Waals surface area contributed by atoms with Crippen molar-refractivity contribution in [2.75, 3.05) is 33.4 Å². The van der Waals surface area contributed by atoms with Crippen molar-refractivity contribution in [2.24, 2.45) is 0 Å². The van der Waals surface area contributed by atoms with Crippen molar-refractivity contribution in [3.63, 3.8) is 0 Å². The van der Waals surface area contributed by atoms with Gasteiger partial charge in [-0.1, -0.05) is 6.07 Å². The molecule has 1 aromatic rings. The fourth-order valence-corrected chi connectivity index (χ4v) is 3.57. The predicted molar refractivity (Wildman–Crippen MR) is 86.8 cm³/mol. The van der Waals surface area contributed by atoms with Crippen molar-refractivity contribution in [2.45, 2.75) is 30.2 Å². The Kier molecular flexibility index (Phi) is 5.24. The molecule has 0 spiro atoms. The summed E-state index contributed by atoms with van der Waals surface area (Å²) in [5, 5.41) is 0. The van der Waals surface area contributed by atoms with Crippen LogP contribution in [-0.4, -0.2) is 63.6 Å². The number of piperidine rings is 1. The SMILES string of the molecule is CN(C)CC1CCCCN1C(=O)c1cccc(S(C)(=O)=O)c1. The Balaban J connectivity index is 2.26. The molecule has 1 unspecified atom stereocenters. The first kappa shape index (κ1) is 17.0. The molecular formula is C16H24N2O3S.